The van der Waals surface area contributed by atoms with Gasteiger partial charge in [0.1, 0.15) is 19.3 Å². The number of carbonyl (C=O) groups excluding carboxylic acids is 1. The minimum atomic E-state index is -1.11. The van der Waals surface area contributed by atoms with Gasteiger partial charge in [-0.25, -0.2) is 9.78 Å². The predicted octanol–water partition coefficient (Wildman–Crippen LogP) is 2.01. The summed E-state index contributed by atoms with van der Waals surface area (Å²) in [5.74, 6) is -0.214. The van der Waals surface area contributed by atoms with Crippen LogP contribution in [0.5, 0.6) is 11.5 Å². The van der Waals surface area contributed by atoms with E-state index in [0.717, 1.165) is 11.4 Å². The first-order valence-electron chi connectivity index (χ1n) is 9.54. The van der Waals surface area contributed by atoms with E-state index in [4.69, 9.17) is 9.47 Å². The molecule has 0 unspecified atom stereocenters. The molecule has 1 atom stereocenters. The lowest BCUT2D eigenvalue weighted by Gasteiger charge is -2.20. The van der Waals surface area contributed by atoms with Gasteiger partial charge in [0.25, 0.3) is 5.91 Å². The Morgan fingerprint density at radius 2 is 2.00 bits per heavy atom. The smallest absolute Gasteiger partial charge is 0.326 e. The van der Waals surface area contributed by atoms with Crippen LogP contribution in [0.2, 0.25) is 0 Å². The molecular weight excluding hydrogens is 388 g/mol. The first kappa shape index (κ1) is 19.6. The molecule has 3 N–H and O–H groups in total. The van der Waals surface area contributed by atoms with E-state index in [1.807, 2.05) is 36.6 Å². The molecule has 156 valence electrons. The molecule has 0 bridgehead atoms. The summed E-state index contributed by atoms with van der Waals surface area (Å²) in [5, 5.41) is 12.1. The second-order valence-corrected chi connectivity index (χ2v) is 7.09. The minimum absolute atomic E-state index is 0.113. The summed E-state index contributed by atoms with van der Waals surface area (Å²) in [5.41, 5.74) is 3.42. The van der Waals surface area contributed by atoms with Crippen molar-refractivity contribution in [1.82, 2.24) is 19.9 Å². The van der Waals surface area contributed by atoms with Crippen LogP contribution in [-0.4, -0.2) is 50.8 Å². The van der Waals surface area contributed by atoms with Crippen molar-refractivity contribution < 1.29 is 24.2 Å². The van der Waals surface area contributed by atoms with Crippen molar-refractivity contribution in [3.8, 4) is 17.2 Å². The number of H-pyrrole nitrogens is 1. The van der Waals surface area contributed by atoms with Gasteiger partial charge in [-0.3, -0.25) is 4.79 Å². The summed E-state index contributed by atoms with van der Waals surface area (Å²) < 4.78 is 13.2. The van der Waals surface area contributed by atoms with Gasteiger partial charge in [-0.2, -0.15) is 0 Å². The van der Waals surface area contributed by atoms with Crippen molar-refractivity contribution in [2.24, 2.45) is 0 Å². The van der Waals surface area contributed by atoms with Crippen LogP contribution in [0.1, 0.15) is 27.4 Å². The van der Waals surface area contributed by atoms with E-state index in [0.29, 0.717) is 41.7 Å². The average Bonchev–Trinajstić information content (AvgIpc) is 3.34. The Labute approximate surface area is 172 Å². The number of ether oxygens (including phenoxy) is 2. The second-order valence-electron chi connectivity index (χ2n) is 7.09. The Bertz CT molecular complexity index is 1090. The van der Waals surface area contributed by atoms with Gasteiger partial charge < -0.3 is 29.4 Å². The van der Waals surface area contributed by atoms with Crippen LogP contribution in [0.15, 0.2) is 36.8 Å². The number of carboxylic acid groups (broad SMARTS) is 1. The number of amides is 1. The van der Waals surface area contributed by atoms with Gasteiger partial charge in [0, 0.05) is 41.5 Å². The van der Waals surface area contributed by atoms with E-state index >= 15 is 0 Å². The van der Waals surface area contributed by atoms with Crippen LogP contribution >= 0.6 is 0 Å². The number of aromatic nitrogens is 3. The molecule has 9 nitrogen and oxygen atoms in total. The molecule has 0 aliphatic carbocycles. The fraction of sp³-hybridized carbons (Fsp3) is 0.286. The van der Waals surface area contributed by atoms with Gasteiger partial charge in [0.15, 0.2) is 11.5 Å². The zero-order valence-electron chi connectivity index (χ0n) is 16.6. The SMILES string of the molecule is Cc1cc(C(=O)N[C@H](Cc2cnc[nH]2)C(=O)O)c(C)n1-c1ccc2c(c1)OCCO2. The third-order valence-electron chi connectivity index (χ3n) is 5.04. The van der Waals surface area contributed by atoms with Crippen molar-refractivity contribution in [1.29, 1.82) is 0 Å². The first-order chi connectivity index (χ1) is 14.4. The zero-order chi connectivity index (χ0) is 21.3. The third kappa shape index (κ3) is 3.73. The van der Waals surface area contributed by atoms with Gasteiger partial charge >= 0.3 is 5.97 Å². The number of carboxylic acids is 1. The molecule has 0 radical (unpaired) electrons. The Balaban J connectivity index is 1.59. The van der Waals surface area contributed by atoms with Crippen LogP contribution in [0.4, 0.5) is 0 Å². The van der Waals surface area contributed by atoms with Crippen molar-refractivity contribution >= 4 is 11.9 Å². The topological polar surface area (TPSA) is 118 Å². The molecule has 1 aliphatic heterocycles. The highest BCUT2D eigenvalue weighted by atomic mass is 16.6. The van der Waals surface area contributed by atoms with Gasteiger partial charge in [0.05, 0.1) is 11.9 Å². The lowest BCUT2D eigenvalue weighted by atomic mass is 10.1. The lowest BCUT2D eigenvalue weighted by molar-refractivity contribution is -0.139. The quantitative estimate of drug-likeness (QED) is 0.572. The number of benzene rings is 1. The Morgan fingerprint density at radius 1 is 1.23 bits per heavy atom. The van der Waals surface area contributed by atoms with Crippen molar-refractivity contribution in [2.75, 3.05) is 13.2 Å². The predicted molar refractivity (Wildman–Crippen MR) is 107 cm³/mol. The number of aliphatic carboxylic acids is 1. The summed E-state index contributed by atoms with van der Waals surface area (Å²) in [7, 11) is 0. The maximum atomic E-state index is 12.9. The monoisotopic (exact) mass is 410 g/mol. The summed E-state index contributed by atoms with van der Waals surface area (Å²) in [4.78, 5) is 31.2. The number of carbonyl (C=O) groups is 2. The number of hydrogen-bond donors (Lipinski definition) is 3. The van der Waals surface area contributed by atoms with E-state index in [-0.39, 0.29) is 6.42 Å². The molecule has 1 aliphatic rings. The minimum Gasteiger partial charge on any atom is -0.486 e. The highest BCUT2D eigenvalue weighted by molar-refractivity contribution is 5.98. The first-order valence-corrected chi connectivity index (χ1v) is 9.54. The zero-order valence-corrected chi connectivity index (χ0v) is 16.6. The summed E-state index contributed by atoms with van der Waals surface area (Å²) in [6.45, 7) is 4.71. The average molecular weight is 410 g/mol. The highest BCUT2D eigenvalue weighted by Crippen LogP contribution is 2.33. The number of rotatable bonds is 6. The van der Waals surface area contributed by atoms with Gasteiger partial charge in [-0.05, 0) is 32.0 Å². The number of aryl methyl sites for hydroxylation is 1. The molecule has 0 saturated heterocycles. The third-order valence-corrected chi connectivity index (χ3v) is 5.04. The van der Waals surface area contributed by atoms with E-state index in [1.165, 1.54) is 12.5 Å². The van der Waals surface area contributed by atoms with Gasteiger partial charge in [0.2, 0.25) is 0 Å². The Kier molecular flexibility index (Phi) is 5.18. The van der Waals surface area contributed by atoms with Gasteiger partial charge in [-0.15, -0.1) is 0 Å². The molecule has 0 fully saturated rings. The molecule has 4 rings (SSSR count). The fourth-order valence-electron chi connectivity index (χ4n) is 3.61. The maximum absolute atomic E-state index is 12.9. The number of fused-ring (bicyclic) bond motifs is 1. The molecular formula is C21H22N4O5. The van der Waals surface area contributed by atoms with E-state index in [9.17, 15) is 14.7 Å². The molecule has 0 spiro atoms. The molecule has 9 heteroatoms. The number of aromatic amines is 1. The standard InChI is InChI=1S/C21H22N4O5/c1-12-7-16(20(26)24-17(21(27)28)8-14-10-22-11-23-14)13(2)25(12)15-3-4-18-19(9-15)30-6-5-29-18/h3-4,7,9-11,17H,5-6,8H2,1-2H3,(H,22,23)(H,24,26)(H,27,28)/t17-/m1/s1. The molecule has 3 heterocycles. The van der Waals surface area contributed by atoms with Crippen molar-refractivity contribution in [2.45, 2.75) is 26.3 Å². The highest BCUT2D eigenvalue weighted by Gasteiger charge is 2.25. The Hall–Kier alpha value is -3.75. The van der Waals surface area contributed by atoms with E-state index in [2.05, 4.69) is 15.3 Å². The van der Waals surface area contributed by atoms with Crippen LogP contribution in [0.25, 0.3) is 5.69 Å². The number of nitrogens with zero attached hydrogens (tertiary/aromatic N) is 2. The molecule has 1 amide bonds. The van der Waals surface area contributed by atoms with Gasteiger partial charge in [-0.1, -0.05) is 0 Å². The fourth-order valence-corrected chi connectivity index (χ4v) is 3.61. The van der Waals surface area contributed by atoms with E-state index < -0.39 is 17.9 Å². The largest absolute Gasteiger partial charge is 0.486 e. The van der Waals surface area contributed by atoms with Crippen LogP contribution in [-0.2, 0) is 11.2 Å². The molecule has 3 aromatic rings. The van der Waals surface area contributed by atoms with Crippen molar-refractivity contribution in [3.05, 3.63) is 59.4 Å². The molecule has 0 saturated carbocycles. The summed E-state index contributed by atoms with van der Waals surface area (Å²) in [6, 6.07) is 6.28. The maximum Gasteiger partial charge on any atom is 0.326 e. The summed E-state index contributed by atoms with van der Waals surface area (Å²) in [6.07, 6.45) is 3.12. The summed E-state index contributed by atoms with van der Waals surface area (Å²) >= 11 is 0. The second kappa shape index (κ2) is 7.94. The van der Waals surface area contributed by atoms with Crippen LogP contribution < -0.4 is 14.8 Å². The molecule has 30 heavy (non-hydrogen) atoms. The van der Waals surface area contributed by atoms with Crippen molar-refractivity contribution in [3.63, 3.8) is 0 Å². The van der Waals surface area contributed by atoms with E-state index in [1.54, 1.807) is 6.07 Å². The molecule has 2 aromatic heterocycles. The number of hydrogen-bond acceptors (Lipinski definition) is 5. The normalized spacial score (nSPS) is 13.7. The van der Waals surface area contributed by atoms with Crippen LogP contribution in [0, 0.1) is 13.8 Å². The molecule has 1 aromatic carbocycles. The lowest BCUT2D eigenvalue weighted by Crippen LogP contribution is -2.42. The number of nitrogens with one attached hydrogen (secondary N) is 2. The Morgan fingerprint density at radius 3 is 2.70 bits per heavy atom. The van der Waals surface area contributed by atoms with Crippen LogP contribution in [0.3, 0.4) is 0 Å². The number of imidazole rings is 1.